The molecule has 1 aliphatic rings. The molecule has 1 aromatic carbocycles. The number of halogens is 2. The topological polar surface area (TPSA) is 29.0 Å². The maximum Gasteiger partial charge on any atom is 0.139 e. The fraction of sp³-hybridized carbons (Fsp3) is 0.385. The van der Waals surface area contributed by atoms with Gasteiger partial charge in [0.2, 0.25) is 0 Å². The molecule has 0 bridgehead atoms. The molecule has 2 aromatic rings. The molecule has 0 aliphatic carbocycles. The van der Waals surface area contributed by atoms with Crippen molar-refractivity contribution in [3.05, 3.63) is 28.0 Å². The molecule has 1 saturated heterocycles. The summed E-state index contributed by atoms with van der Waals surface area (Å²) < 4.78 is 0.875. The van der Waals surface area contributed by atoms with Gasteiger partial charge in [-0.15, -0.1) is 0 Å². The highest BCUT2D eigenvalue weighted by Gasteiger charge is 2.16. The monoisotopic (exact) mass is 325 g/mol. The molecule has 1 aliphatic heterocycles. The molecule has 0 radical (unpaired) electrons. The maximum absolute atomic E-state index is 6.18. The molecule has 0 saturated carbocycles. The van der Waals surface area contributed by atoms with E-state index in [1.807, 2.05) is 12.1 Å². The number of anilines is 1. The van der Waals surface area contributed by atoms with Gasteiger partial charge in [-0.1, -0.05) is 11.6 Å². The van der Waals surface area contributed by atoms with Crippen LogP contribution in [0.4, 0.5) is 5.82 Å². The van der Waals surface area contributed by atoms with Gasteiger partial charge in [0, 0.05) is 22.9 Å². The minimum Gasteiger partial charge on any atom is -0.356 e. The molecule has 1 aromatic heterocycles. The molecule has 18 heavy (non-hydrogen) atoms. The van der Waals surface area contributed by atoms with Crippen molar-refractivity contribution in [2.24, 2.45) is 0 Å². The Morgan fingerprint density at radius 1 is 1.11 bits per heavy atom. The van der Waals surface area contributed by atoms with Crippen molar-refractivity contribution >= 4 is 44.3 Å². The number of nitrogens with zero attached hydrogens (tertiary/aromatic N) is 3. The van der Waals surface area contributed by atoms with Crippen molar-refractivity contribution in [1.29, 1.82) is 0 Å². The highest BCUT2D eigenvalue weighted by atomic mass is 79.9. The molecule has 2 heterocycles. The molecule has 3 nitrogen and oxygen atoms in total. The van der Waals surface area contributed by atoms with E-state index >= 15 is 0 Å². The molecular weight excluding hydrogens is 314 g/mol. The molecular formula is C13H13BrClN3. The minimum absolute atomic E-state index is 0.704. The summed E-state index contributed by atoms with van der Waals surface area (Å²) in [6, 6.07) is 3.90. The number of rotatable bonds is 1. The smallest absolute Gasteiger partial charge is 0.139 e. The summed E-state index contributed by atoms with van der Waals surface area (Å²) in [5, 5.41) is 1.74. The quantitative estimate of drug-likeness (QED) is 0.792. The zero-order chi connectivity index (χ0) is 12.5. The van der Waals surface area contributed by atoms with Crippen molar-refractivity contribution in [3.8, 4) is 0 Å². The van der Waals surface area contributed by atoms with Crippen LogP contribution in [0, 0.1) is 0 Å². The van der Waals surface area contributed by atoms with Crippen LogP contribution in [-0.2, 0) is 0 Å². The number of hydrogen-bond donors (Lipinski definition) is 0. The summed E-state index contributed by atoms with van der Waals surface area (Å²) in [6.07, 6.45) is 5.41. The summed E-state index contributed by atoms with van der Waals surface area (Å²) in [4.78, 5) is 11.1. The lowest BCUT2D eigenvalue weighted by Gasteiger charge is -2.28. The second kappa shape index (κ2) is 5.02. The van der Waals surface area contributed by atoms with Crippen LogP contribution >= 0.6 is 27.5 Å². The lowest BCUT2D eigenvalue weighted by molar-refractivity contribution is 0.574. The molecule has 0 N–H and O–H groups in total. The lowest BCUT2D eigenvalue weighted by Crippen LogP contribution is -2.30. The number of hydrogen-bond acceptors (Lipinski definition) is 3. The first-order chi connectivity index (χ1) is 8.75. The Bertz CT molecular complexity index is 582. The number of piperidine rings is 1. The van der Waals surface area contributed by atoms with Crippen LogP contribution in [0.25, 0.3) is 10.9 Å². The summed E-state index contributed by atoms with van der Waals surface area (Å²) in [7, 11) is 0. The predicted octanol–water partition coefficient (Wildman–Crippen LogP) is 4.04. The largest absolute Gasteiger partial charge is 0.356 e. The SMILES string of the molecule is Clc1cc2c(N3CCCCC3)ncnc2cc1Br. The molecule has 0 atom stereocenters. The second-order valence-corrected chi connectivity index (χ2v) is 5.79. The van der Waals surface area contributed by atoms with Crippen LogP contribution in [0.2, 0.25) is 5.02 Å². The molecule has 0 unspecified atom stereocenters. The Kier molecular flexibility index (Phi) is 3.39. The van der Waals surface area contributed by atoms with Crippen LogP contribution in [0.15, 0.2) is 22.9 Å². The van der Waals surface area contributed by atoms with E-state index in [-0.39, 0.29) is 0 Å². The zero-order valence-electron chi connectivity index (χ0n) is 9.87. The van der Waals surface area contributed by atoms with Crippen molar-refractivity contribution in [1.82, 2.24) is 9.97 Å². The molecule has 5 heteroatoms. The molecule has 0 amide bonds. The van der Waals surface area contributed by atoms with Crippen molar-refractivity contribution in [2.75, 3.05) is 18.0 Å². The van der Waals surface area contributed by atoms with Crippen LogP contribution in [0.1, 0.15) is 19.3 Å². The van der Waals surface area contributed by atoms with E-state index in [0.717, 1.165) is 34.3 Å². The lowest BCUT2D eigenvalue weighted by atomic mass is 10.1. The van der Waals surface area contributed by atoms with Gasteiger partial charge < -0.3 is 4.90 Å². The van der Waals surface area contributed by atoms with Gasteiger partial charge in [-0.3, -0.25) is 0 Å². The summed E-state index contributed by atoms with van der Waals surface area (Å²) in [5.74, 6) is 1.01. The van der Waals surface area contributed by atoms with E-state index in [1.165, 1.54) is 19.3 Å². The Balaban J connectivity index is 2.13. The van der Waals surface area contributed by atoms with Crippen LogP contribution in [0.5, 0.6) is 0 Å². The van der Waals surface area contributed by atoms with E-state index in [2.05, 4.69) is 30.8 Å². The first-order valence-corrected chi connectivity index (χ1v) is 7.27. The van der Waals surface area contributed by atoms with Crippen molar-refractivity contribution in [3.63, 3.8) is 0 Å². The predicted molar refractivity (Wildman–Crippen MR) is 78.3 cm³/mol. The Hall–Kier alpha value is -0.870. The minimum atomic E-state index is 0.704. The summed E-state index contributed by atoms with van der Waals surface area (Å²) >= 11 is 9.61. The average Bonchev–Trinajstić information content (AvgIpc) is 2.40. The van der Waals surface area contributed by atoms with Gasteiger partial charge in [0.15, 0.2) is 0 Å². The standard InChI is InChI=1S/C13H13BrClN3/c14-10-7-12-9(6-11(10)15)13(17-8-16-12)18-4-2-1-3-5-18/h6-8H,1-5H2. The molecule has 3 rings (SSSR count). The van der Waals surface area contributed by atoms with Gasteiger partial charge in [-0.25, -0.2) is 9.97 Å². The Morgan fingerprint density at radius 2 is 1.89 bits per heavy atom. The third-order valence-corrected chi connectivity index (χ3v) is 4.51. The van der Waals surface area contributed by atoms with Crippen LogP contribution < -0.4 is 4.90 Å². The third-order valence-electron chi connectivity index (χ3n) is 3.31. The maximum atomic E-state index is 6.18. The van der Waals surface area contributed by atoms with Crippen LogP contribution in [-0.4, -0.2) is 23.1 Å². The van der Waals surface area contributed by atoms with Gasteiger partial charge >= 0.3 is 0 Å². The Morgan fingerprint density at radius 3 is 2.67 bits per heavy atom. The first-order valence-electron chi connectivity index (χ1n) is 6.10. The fourth-order valence-corrected chi connectivity index (χ4v) is 2.89. The number of aromatic nitrogens is 2. The molecule has 1 fully saturated rings. The van der Waals surface area contributed by atoms with E-state index < -0.39 is 0 Å². The summed E-state index contributed by atoms with van der Waals surface area (Å²) in [5.41, 5.74) is 0.932. The van der Waals surface area contributed by atoms with Gasteiger partial charge in [0.1, 0.15) is 12.1 Å². The number of benzene rings is 1. The van der Waals surface area contributed by atoms with E-state index in [1.54, 1.807) is 6.33 Å². The second-order valence-electron chi connectivity index (χ2n) is 4.53. The number of fused-ring (bicyclic) bond motifs is 1. The average molecular weight is 327 g/mol. The van der Waals surface area contributed by atoms with E-state index in [9.17, 15) is 0 Å². The normalized spacial score (nSPS) is 16.2. The van der Waals surface area contributed by atoms with Crippen molar-refractivity contribution in [2.45, 2.75) is 19.3 Å². The van der Waals surface area contributed by atoms with Crippen LogP contribution in [0.3, 0.4) is 0 Å². The summed E-state index contributed by atoms with van der Waals surface area (Å²) in [6.45, 7) is 2.14. The third kappa shape index (κ3) is 2.19. The van der Waals surface area contributed by atoms with Gasteiger partial charge in [-0.2, -0.15) is 0 Å². The Labute approximate surface area is 119 Å². The van der Waals surface area contributed by atoms with Crippen molar-refractivity contribution < 1.29 is 0 Å². The molecule has 94 valence electrons. The van der Waals surface area contributed by atoms with Gasteiger partial charge in [0.25, 0.3) is 0 Å². The van der Waals surface area contributed by atoms with Gasteiger partial charge in [-0.05, 0) is 47.3 Å². The zero-order valence-corrected chi connectivity index (χ0v) is 12.2. The van der Waals surface area contributed by atoms with E-state index in [0.29, 0.717) is 5.02 Å². The first kappa shape index (κ1) is 12.2. The highest BCUT2D eigenvalue weighted by Crippen LogP contribution is 2.32. The van der Waals surface area contributed by atoms with E-state index in [4.69, 9.17) is 11.6 Å². The molecule has 0 spiro atoms. The highest BCUT2D eigenvalue weighted by molar-refractivity contribution is 9.10. The fourth-order valence-electron chi connectivity index (χ4n) is 2.40. The van der Waals surface area contributed by atoms with Gasteiger partial charge in [0.05, 0.1) is 10.5 Å².